The third-order valence-electron chi connectivity index (χ3n) is 7.61. The molecule has 3 aromatic carbocycles. The molecule has 0 atom stereocenters. The second kappa shape index (κ2) is 12.5. The summed E-state index contributed by atoms with van der Waals surface area (Å²) in [6.45, 7) is 26.7. The first-order chi connectivity index (χ1) is 19.6. The van der Waals surface area contributed by atoms with E-state index in [1.54, 1.807) is 0 Å². The van der Waals surface area contributed by atoms with Crippen LogP contribution in [-0.2, 0) is 34.7 Å². The van der Waals surface area contributed by atoms with Crippen molar-refractivity contribution in [3.63, 3.8) is 0 Å². The molecule has 0 aliphatic heterocycles. The van der Waals surface area contributed by atoms with Crippen molar-refractivity contribution in [2.24, 2.45) is 0 Å². The predicted octanol–water partition coefficient (Wildman–Crippen LogP) is 9.19. The summed E-state index contributed by atoms with van der Waals surface area (Å²) in [5.74, 6) is 0.736. The van der Waals surface area contributed by atoms with Gasteiger partial charge in [-0.2, -0.15) is 0 Å². The summed E-state index contributed by atoms with van der Waals surface area (Å²) in [4.78, 5) is 0. The van der Waals surface area contributed by atoms with Gasteiger partial charge in [0, 0.05) is 18.8 Å². The molecule has 0 radical (unpaired) electrons. The Morgan fingerprint density at radius 3 is 1.23 bits per heavy atom. The van der Waals surface area contributed by atoms with Crippen LogP contribution in [0.25, 0.3) is 0 Å². The van der Waals surface area contributed by atoms with Crippen molar-refractivity contribution in [1.29, 1.82) is 0 Å². The molecule has 0 heterocycles. The normalized spacial score (nSPS) is 12.9. The molecule has 0 saturated carbocycles. The van der Waals surface area contributed by atoms with Crippen molar-refractivity contribution in [2.45, 2.75) is 118 Å². The monoisotopic (exact) mass is 603 g/mol. The van der Waals surface area contributed by atoms with Gasteiger partial charge < -0.3 is 15.5 Å². The molecule has 6 heteroatoms. The first-order valence-electron chi connectivity index (χ1n) is 15.2. The molecule has 3 rings (SSSR count). The number of para-hydroxylation sites is 1. The Kier molecular flexibility index (Phi) is 9.99. The number of rotatable bonds is 6. The maximum atomic E-state index is 11.3. The number of hydrazine groups is 1. The van der Waals surface area contributed by atoms with E-state index in [1.807, 2.05) is 30.3 Å². The quantitative estimate of drug-likeness (QED) is 0.166. The molecular weight excluding hydrogens is 550 g/mol. The Labute approximate surface area is 265 Å². The molecule has 0 bridgehead atoms. The van der Waals surface area contributed by atoms with E-state index in [0.29, 0.717) is 29.7 Å². The number of aromatic hydroxyl groups is 2. The van der Waals surface area contributed by atoms with E-state index < -0.39 is 0 Å². The minimum Gasteiger partial charge on any atom is -0.507 e. The highest BCUT2D eigenvalue weighted by Crippen LogP contribution is 2.41. The Morgan fingerprint density at radius 1 is 0.605 bits per heavy atom. The van der Waals surface area contributed by atoms with E-state index in [2.05, 4.69) is 123 Å². The van der Waals surface area contributed by atoms with Gasteiger partial charge in [-0.3, -0.25) is 5.43 Å². The van der Waals surface area contributed by atoms with Crippen LogP contribution in [0.3, 0.4) is 0 Å². The predicted molar refractivity (Wildman–Crippen MR) is 186 cm³/mol. The third-order valence-corrected chi connectivity index (χ3v) is 7.80. The standard InChI is InChI=1S/C37H53N3O2S/c1-34(2,3)27-18-24(19-28(31(27)41)35(4,5)6)22-40(39-33(43)38-26-16-14-13-15-17-26)23-25-20-29(36(7,8)9)32(42)30(21-25)37(10,11)12/h13-21,41-42H,22-23H2,1-12H3,(H2,38,39,43). The Hall–Kier alpha value is -3.09. The second-order valence-electron chi connectivity index (χ2n) is 15.9. The molecule has 0 fully saturated rings. The largest absolute Gasteiger partial charge is 0.507 e. The van der Waals surface area contributed by atoms with Crippen molar-refractivity contribution in [3.05, 3.63) is 88.0 Å². The van der Waals surface area contributed by atoms with Gasteiger partial charge in [-0.05, 0) is 79.4 Å². The Balaban J connectivity index is 2.12. The average Bonchev–Trinajstić information content (AvgIpc) is 2.83. The zero-order valence-corrected chi connectivity index (χ0v) is 29.2. The number of thiocarbonyl (C=S) groups is 1. The van der Waals surface area contributed by atoms with Crippen LogP contribution in [-0.4, -0.2) is 20.3 Å². The maximum Gasteiger partial charge on any atom is 0.185 e. The molecule has 0 unspecified atom stereocenters. The molecule has 234 valence electrons. The molecule has 43 heavy (non-hydrogen) atoms. The third kappa shape index (κ3) is 8.96. The zero-order valence-electron chi connectivity index (χ0n) is 28.4. The molecular formula is C37H53N3O2S. The summed E-state index contributed by atoms with van der Waals surface area (Å²) >= 11 is 5.78. The lowest BCUT2D eigenvalue weighted by Crippen LogP contribution is -2.43. The summed E-state index contributed by atoms with van der Waals surface area (Å²) in [5, 5.41) is 28.5. The number of phenolic OH excluding ortho intramolecular Hbond substituents is 2. The van der Waals surface area contributed by atoms with Crippen LogP contribution in [0, 0.1) is 0 Å². The van der Waals surface area contributed by atoms with E-state index in [-0.39, 0.29) is 21.7 Å². The summed E-state index contributed by atoms with van der Waals surface area (Å²) < 4.78 is 0. The highest BCUT2D eigenvalue weighted by molar-refractivity contribution is 7.80. The van der Waals surface area contributed by atoms with Crippen LogP contribution in [0.2, 0.25) is 0 Å². The topological polar surface area (TPSA) is 67.8 Å². The molecule has 4 N–H and O–H groups in total. The molecule has 0 aliphatic carbocycles. The highest BCUT2D eigenvalue weighted by atomic mass is 32.1. The molecule has 0 spiro atoms. The molecule has 0 aromatic heterocycles. The number of benzene rings is 3. The molecule has 0 amide bonds. The number of nitrogens with one attached hydrogen (secondary N) is 2. The number of hydrogen-bond donors (Lipinski definition) is 4. The number of nitrogens with zero attached hydrogens (tertiary/aromatic N) is 1. The van der Waals surface area contributed by atoms with Gasteiger partial charge in [0.25, 0.3) is 0 Å². The minimum atomic E-state index is -0.233. The number of hydrogen-bond acceptors (Lipinski definition) is 4. The first-order valence-corrected chi connectivity index (χ1v) is 15.6. The van der Waals surface area contributed by atoms with Crippen LogP contribution < -0.4 is 10.7 Å². The molecule has 0 saturated heterocycles. The van der Waals surface area contributed by atoms with Crippen LogP contribution >= 0.6 is 12.2 Å². The van der Waals surface area contributed by atoms with Gasteiger partial charge in [0.05, 0.1) is 0 Å². The van der Waals surface area contributed by atoms with E-state index in [1.165, 1.54) is 0 Å². The van der Waals surface area contributed by atoms with Gasteiger partial charge in [-0.25, -0.2) is 5.01 Å². The van der Waals surface area contributed by atoms with Gasteiger partial charge in [-0.15, -0.1) is 0 Å². The van der Waals surface area contributed by atoms with Gasteiger partial charge in [-0.1, -0.05) is 126 Å². The van der Waals surface area contributed by atoms with E-state index in [4.69, 9.17) is 12.2 Å². The smallest absolute Gasteiger partial charge is 0.185 e. The lowest BCUT2D eigenvalue weighted by atomic mass is 9.78. The van der Waals surface area contributed by atoms with Gasteiger partial charge in [0.1, 0.15) is 11.5 Å². The van der Waals surface area contributed by atoms with Gasteiger partial charge >= 0.3 is 0 Å². The van der Waals surface area contributed by atoms with Crippen LogP contribution in [0.4, 0.5) is 5.69 Å². The van der Waals surface area contributed by atoms with Crippen molar-refractivity contribution >= 4 is 23.0 Å². The lowest BCUT2D eigenvalue weighted by molar-refractivity contribution is 0.217. The summed E-state index contributed by atoms with van der Waals surface area (Å²) in [6, 6.07) is 18.3. The van der Waals surface area contributed by atoms with E-state index in [0.717, 1.165) is 39.1 Å². The summed E-state index contributed by atoms with van der Waals surface area (Å²) in [6.07, 6.45) is 0. The van der Waals surface area contributed by atoms with E-state index >= 15 is 0 Å². The number of phenols is 2. The lowest BCUT2D eigenvalue weighted by Gasteiger charge is -2.31. The summed E-state index contributed by atoms with van der Waals surface area (Å²) in [5.41, 5.74) is 9.28. The fourth-order valence-corrected chi connectivity index (χ4v) is 5.50. The first kappa shape index (κ1) is 34.4. The molecule has 3 aromatic rings. The fraction of sp³-hybridized carbons (Fsp3) is 0.486. The maximum absolute atomic E-state index is 11.3. The number of anilines is 1. The van der Waals surface area contributed by atoms with Crippen LogP contribution in [0.5, 0.6) is 11.5 Å². The van der Waals surface area contributed by atoms with Crippen molar-refractivity contribution in [2.75, 3.05) is 5.32 Å². The average molecular weight is 604 g/mol. The Bertz CT molecular complexity index is 1280. The second-order valence-corrected chi connectivity index (χ2v) is 16.3. The molecule has 0 aliphatic rings. The highest BCUT2D eigenvalue weighted by Gasteiger charge is 2.29. The summed E-state index contributed by atoms with van der Waals surface area (Å²) in [7, 11) is 0. The van der Waals surface area contributed by atoms with Crippen LogP contribution in [0.1, 0.15) is 116 Å². The van der Waals surface area contributed by atoms with Gasteiger partial charge in [0.15, 0.2) is 5.11 Å². The zero-order chi connectivity index (χ0) is 32.5. The van der Waals surface area contributed by atoms with Gasteiger partial charge in [0.2, 0.25) is 0 Å². The van der Waals surface area contributed by atoms with Crippen LogP contribution in [0.15, 0.2) is 54.6 Å². The van der Waals surface area contributed by atoms with E-state index in [9.17, 15) is 10.2 Å². The van der Waals surface area contributed by atoms with Crippen molar-refractivity contribution in [3.8, 4) is 11.5 Å². The Morgan fingerprint density at radius 2 is 0.930 bits per heavy atom. The van der Waals surface area contributed by atoms with Crippen molar-refractivity contribution < 1.29 is 10.2 Å². The van der Waals surface area contributed by atoms with Crippen molar-refractivity contribution in [1.82, 2.24) is 10.4 Å². The molecule has 5 nitrogen and oxygen atoms in total. The fourth-order valence-electron chi connectivity index (χ4n) is 5.26. The minimum absolute atomic E-state index is 0.233. The SMILES string of the molecule is CC(C)(C)c1cc(CN(Cc2cc(C(C)(C)C)c(O)c(C(C)(C)C)c2)NC(=S)Nc2ccccc2)cc(C(C)(C)C)c1O.